The zero-order valence-corrected chi connectivity index (χ0v) is 30.0. The normalized spacial score (nSPS) is 23.9. The Morgan fingerprint density at radius 3 is 2.21 bits per heavy atom. The first kappa shape index (κ1) is 38.0. The molecular weight excluding hydrogens is 600 g/mol. The van der Waals surface area contributed by atoms with Crippen LogP contribution in [0.4, 0.5) is 4.79 Å². The molecule has 2 heterocycles. The quantitative estimate of drug-likeness (QED) is 0.176. The molecule has 0 radical (unpaired) electrons. The van der Waals surface area contributed by atoms with Crippen LogP contribution in [0.3, 0.4) is 0 Å². The Morgan fingerprint density at radius 1 is 1.00 bits per heavy atom. The van der Waals surface area contributed by atoms with Gasteiger partial charge in [0.15, 0.2) is 0 Å². The molecule has 1 aliphatic carbocycles. The second kappa shape index (κ2) is 14.8. The Morgan fingerprint density at radius 2 is 1.66 bits per heavy atom. The molecule has 0 bridgehead atoms. The topological polar surface area (TPSA) is 157 Å². The predicted octanol–water partition coefficient (Wildman–Crippen LogP) is 2.77. The van der Waals surface area contributed by atoms with E-state index in [1.165, 1.54) is 6.08 Å². The molecule has 3 rings (SSSR count). The van der Waals surface area contributed by atoms with Crippen LogP contribution in [-0.2, 0) is 24.0 Å². The maximum absolute atomic E-state index is 14.3. The molecule has 2 aliphatic heterocycles. The standard InChI is InChI=1S/C35H58N6O6/c1-11-15-22(27(43)30(45)36-17-12-2)37-29(44)26-25-21(35(25,9)10)19-41(26)31(46)28(34(6,7)8)39-32(47)38-23(33(3,4)5)20-40-18-14-13-16-24(40)42/h12,21-23,25-26,28H,2,11,13-20H2,1,3-10H3,(H,36,45)(H,37,44)(H2,38,39,47)/t21-,22?,23?,25-,26-,28+/m0/s1. The van der Waals surface area contributed by atoms with Crippen molar-refractivity contribution in [1.29, 1.82) is 0 Å². The third-order valence-corrected chi connectivity index (χ3v) is 10.2. The molecule has 12 nitrogen and oxygen atoms in total. The van der Waals surface area contributed by atoms with E-state index >= 15 is 0 Å². The van der Waals surface area contributed by atoms with E-state index < -0.39 is 47.2 Å². The van der Waals surface area contributed by atoms with Crippen LogP contribution in [0.5, 0.6) is 0 Å². The molecule has 0 aromatic rings. The number of hydrogen-bond acceptors (Lipinski definition) is 6. The number of carbonyl (C=O) groups is 6. The number of likely N-dealkylation sites (tertiary alicyclic amines) is 2. The number of piperidine rings is 2. The minimum atomic E-state index is -1.03. The lowest BCUT2D eigenvalue weighted by atomic mass is 9.84. The van der Waals surface area contributed by atoms with Crippen molar-refractivity contribution in [2.75, 3.05) is 26.2 Å². The number of urea groups is 1. The molecule has 3 aliphatic rings. The van der Waals surface area contributed by atoms with Crippen LogP contribution < -0.4 is 21.3 Å². The van der Waals surface area contributed by atoms with Crippen molar-refractivity contribution in [1.82, 2.24) is 31.1 Å². The first-order valence-electron chi connectivity index (χ1n) is 17.1. The lowest BCUT2D eigenvalue weighted by Gasteiger charge is -2.40. The van der Waals surface area contributed by atoms with Gasteiger partial charge in [-0.1, -0.05) is 74.8 Å². The van der Waals surface area contributed by atoms with Gasteiger partial charge in [0, 0.05) is 32.6 Å². The largest absolute Gasteiger partial charge is 0.346 e. The van der Waals surface area contributed by atoms with Crippen LogP contribution in [0, 0.1) is 28.1 Å². The van der Waals surface area contributed by atoms with Crippen LogP contribution in [0.25, 0.3) is 0 Å². The number of fused-ring (bicyclic) bond motifs is 1. The highest BCUT2D eigenvalue weighted by molar-refractivity contribution is 6.38. The summed E-state index contributed by atoms with van der Waals surface area (Å²) in [5, 5.41) is 11.2. The number of rotatable bonds is 13. The van der Waals surface area contributed by atoms with Gasteiger partial charge in [-0.3, -0.25) is 24.0 Å². The van der Waals surface area contributed by atoms with E-state index in [0.717, 1.165) is 12.8 Å². The van der Waals surface area contributed by atoms with E-state index in [0.29, 0.717) is 32.5 Å². The predicted molar refractivity (Wildman–Crippen MR) is 180 cm³/mol. The Hall–Kier alpha value is -3.44. The van der Waals surface area contributed by atoms with E-state index in [9.17, 15) is 28.8 Å². The zero-order valence-electron chi connectivity index (χ0n) is 30.0. The molecule has 1 saturated carbocycles. The fourth-order valence-corrected chi connectivity index (χ4v) is 6.99. The number of nitrogens with one attached hydrogen (secondary N) is 4. The van der Waals surface area contributed by atoms with Gasteiger partial charge in [0.05, 0.1) is 12.1 Å². The summed E-state index contributed by atoms with van der Waals surface area (Å²) in [5.74, 6) is -2.35. The van der Waals surface area contributed by atoms with Crippen molar-refractivity contribution in [3.63, 3.8) is 0 Å². The summed E-state index contributed by atoms with van der Waals surface area (Å²) in [6.45, 7) is 22.6. The van der Waals surface area contributed by atoms with E-state index in [4.69, 9.17) is 0 Å². The summed E-state index contributed by atoms with van der Waals surface area (Å²) < 4.78 is 0. The van der Waals surface area contributed by atoms with Crippen LogP contribution in [0.15, 0.2) is 12.7 Å². The van der Waals surface area contributed by atoms with Crippen molar-refractivity contribution in [2.45, 2.75) is 119 Å². The van der Waals surface area contributed by atoms with Gasteiger partial charge >= 0.3 is 6.03 Å². The summed E-state index contributed by atoms with van der Waals surface area (Å²) in [7, 11) is 0. The molecule has 47 heavy (non-hydrogen) atoms. The maximum Gasteiger partial charge on any atom is 0.315 e. The Labute approximate surface area is 280 Å². The Kier molecular flexibility index (Phi) is 11.9. The van der Waals surface area contributed by atoms with Gasteiger partial charge < -0.3 is 31.1 Å². The number of carbonyl (C=O) groups excluding carboxylic acids is 6. The molecule has 12 heteroatoms. The van der Waals surface area contributed by atoms with Crippen molar-refractivity contribution in [3.8, 4) is 0 Å². The lowest BCUT2D eigenvalue weighted by Crippen LogP contribution is -2.63. The number of nitrogens with zero attached hydrogens (tertiary/aromatic N) is 2. The molecule has 0 spiro atoms. The van der Waals surface area contributed by atoms with E-state index in [1.807, 2.05) is 48.5 Å². The third-order valence-electron chi connectivity index (χ3n) is 10.2. The smallest absolute Gasteiger partial charge is 0.315 e. The summed E-state index contributed by atoms with van der Waals surface area (Å²) >= 11 is 0. The van der Waals surface area contributed by atoms with Crippen LogP contribution in [0.1, 0.15) is 94.4 Å². The van der Waals surface area contributed by atoms with Crippen LogP contribution in [-0.4, -0.2) is 95.6 Å². The molecule has 264 valence electrons. The molecule has 6 amide bonds. The Balaban J connectivity index is 1.81. The summed E-state index contributed by atoms with van der Waals surface area (Å²) in [4.78, 5) is 83.2. The van der Waals surface area contributed by atoms with Gasteiger partial charge in [0.25, 0.3) is 5.91 Å². The highest BCUT2D eigenvalue weighted by atomic mass is 16.2. The number of ketones is 1. The van der Waals surface area contributed by atoms with Crippen molar-refractivity contribution >= 4 is 35.4 Å². The maximum atomic E-state index is 14.3. The fourth-order valence-electron chi connectivity index (χ4n) is 6.99. The molecule has 2 saturated heterocycles. The van der Waals surface area contributed by atoms with E-state index in [-0.39, 0.29) is 53.5 Å². The van der Waals surface area contributed by atoms with Gasteiger partial charge in [-0.25, -0.2) is 4.79 Å². The first-order chi connectivity index (χ1) is 21.7. The molecule has 0 aromatic carbocycles. The molecule has 3 fully saturated rings. The minimum absolute atomic E-state index is 0.0792. The van der Waals surface area contributed by atoms with E-state index in [1.54, 1.807) is 9.80 Å². The average molecular weight is 659 g/mol. The zero-order chi connectivity index (χ0) is 35.5. The average Bonchev–Trinajstić information content (AvgIpc) is 3.28. The van der Waals surface area contributed by atoms with Gasteiger partial charge in [0.1, 0.15) is 12.1 Å². The first-order valence-corrected chi connectivity index (χ1v) is 17.1. The molecular formula is C35H58N6O6. The molecule has 4 N–H and O–H groups in total. The van der Waals surface area contributed by atoms with Crippen molar-refractivity contribution in [3.05, 3.63) is 12.7 Å². The van der Waals surface area contributed by atoms with Crippen molar-refractivity contribution in [2.24, 2.45) is 28.1 Å². The number of amides is 6. The number of hydrogen-bond donors (Lipinski definition) is 4. The Bertz CT molecular complexity index is 1230. The highest BCUT2D eigenvalue weighted by Crippen LogP contribution is 2.65. The van der Waals surface area contributed by atoms with Gasteiger partial charge in [0.2, 0.25) is 23.5 Å². The summed E-state index contributed by atoms with van der Waals surface area (Å²) in [6.07, 6.45) is 4.59. The molecule has 2 unspecified atom stereocenters. The molecule has 0 aromatic heterocycles. The summed E-state index contributed by atoms with van der Waals surface area (Å²) in [5.41, 5.74) is -1.25. The SMILES string of the molecule is C=CCNC(=O)C(=O)C(CCC)NC(=O)[C@@H]1[C@@H]2[C@H](CN1C(=O)[C@@H](NC(=O)NC(CN1CCCCC1=O)C(C)(C)C)C(C)(C)C)C2(C)C. The summed E-state index contributed by atoms with van der Waals surface area (Å²) in [6, 6.07) is -3.73. The number of Topliss-reactive ketones (excluding diaryl/α,β-unsaturated/α-hetero) is 1. The monoisotopic (exact) mass is 658 g/mol. The van der Waals surface area contributed by atoms with Gasteiger partial charge in [-0.2, -0.15) is 0 Å². The van der Waals surface area contributed by atoms with Crippen LogP contribution in [0.2, 0.25) is 0 Å². The minimum Gasteiger partial charge on any atom is -0.346 e. The highest BCUT2D eigenvalue weighted by Gasteiger charge is 2.70. The third kappa shape index (κ3) is 8.93. The van der Waals surface area contributed by atoms with E-state index in [2.05, 4.69) is 41.7 Å². The van der Waals surface area contributed by atoms with Crippen molar-refractivity contribution < 1.29 is 28.8 Å². The molecule has 6 atom stereocenters. The lowest BCUT2D eigenvalue weighted by molar-refractivity contribution is -0.145. The van der Waals surface area contributed by atoms with Gasteiger partial charge in [-0.05, 0) is 47.3 Å². The fraction of sp³-hybridized carbons (Fsp3) is 0.771. The second-order valence-corrected chi connectivity index (χ2v) is 16.2. The second-order valence-electron chi connectivity index (χ2n) is 16.2. The van der Waals surface area contributed by atoms with Crippen LogP contribution >= 0.6 is 0 Å². The van der Waals surface area contributed by atoms with Gasteiger partial charge in [-0.15, -0.1) is 6.58 Å².